The molecule has 0 atom stereocenters. The van der Waals surface area contributed by atoms with Gasteiger partial charge in [0.15, 0.2) is 0 Å². The minimum absolute atomic E-state index is 1.09. The van der Waals surface area contributed by atoms with E-state index in [9.17, 15) is 0 Å². The van der Waals surface area contributed by atoms with E-state index in [2.05, 4.69) is 289 Å². The Bertz CT molecular complexity index is 3530. The quantitative estimate of drug-likeness (QED) is 0.133. The Hall–Kier alpha value is -8.98. The molecule has 0 bridgehead atoms. The van der Waals surface area contributed by atoms with E-state index in [1.54, 1.807) is 0 Å². The molecule has 0 spiro atoms. The maximum absolute atomic E-state index is 2.44. The standard InChI is InChI=1S/C66H46N2/c1-5-17-47(18-6-1)51-29-36-57(37-30-51)67(58-38-31-52(32-39-58)48-19-7-2-8-20-48)59-40-33-53(34-41-59)61-25-13-14-26-62(61)54-35-42-66-64(46-54)63-27-15-16-28-65(63)68(66)60-44-55(49-21-9-3-10-22-49)43-56(45-60)50-23-11-4-12-24-50/h1-46H. The average Bonchev–Trinajstić information content (AvgIpc) is 3.76. The molecule has 2 heteroatoms. The third-order valence-corrected chi connectivity index (χ3v) is 13.2. The lowest BCUT2D eigenvalue weighted by Crippen LogP contribution is -2.09. The van der Waals surface area contributed by atoms with Gasteiger partial charge in [-0.2, -0.15) is 0 Å². The van der Waals surface area contributed by atoms with Crippen LogP contribution in [0.4, 0.5) is 17.1 Å². The second-order valence-electron chi connectivity index (χ2n) is 17.3. The number of hydrogen-bond donors (Lipinski definition) is 0. The lowest BCUT2D eigenvalue weighted by Gasteiger charge is -2.26. The highest BCUT2D eigenvalue weighted by molar-refractivity contribution is 6.11. The summed E-state index contributed by atoms with van der Waals surface area (Å²) in [6.45, 7) is 0. The first kappa shape index (κ1) is 40.5. The van der Waals surface area contributed by atoms with E-state index in [0.717, 1.165) is 28.3 Å². The van der Waals surface area contributed by atoms with Gasteiger partial charge < -0.3 is 9.47 Å². The largest absolute Gasteiger partial charge is 0.311 e. The summed E-state index contributed by atoms with van der Waals surface area (Å²) in [7, 11) is 0. The van der Waals surface area contributed by atoms with Gasteiger partial charge in [-0.1, -0.05) is 206 Å². The summed E-state index contributed by atoms with van der Waals surface area (Å²) >= 11 is 0. The second-order valence-corrected chi connectivity index (χ2v) is 17.3. The van der Waals surface area contributed by atoms with E-state index in [0.29, 0.717) is 0 Å². The van der Waals surface area contributed by atoms with E-state index in [1.165, 1.54) is 83.0 Å². The number of fused-ring (bicyclic) bond motifs is 3. The molecule has 12 aromatic rings. The fourth-order valence-electron chi connectivity index (χ4n) is 9.84. The molecule has 0 N–H and O–H groups in total. The van der Waals surface area contributed by atoms with Crippen molar-refractivity contribution in [2.45, 2.75) is 0 Å². The summed E-state index contributed by atoms with van der Waals surface area (Å²) in [5.41, 5.74) is 21.1. The van der Waals surface area contributed by atoms with E-state index in [1.807, 2.05) is 0 Å². The van der Waals surface area contributed by atoms with Crippen LogP contribution in [0.15, 0.2) is 279 Å². The average molecular weight is 867 g/mol. The molecule has 1 aromatic heterocycles. The predicted octanol–water partition coefficient (Wildman–Crippen LogP) is 18.3. The Kier molecular flexibility index (Phi) is 10.6. The Morgan fingerprint density at radius 1 is 0.221 bits per heavy atom. The third kappa shape index (κ3) is 7.74. The summed E-state index contributed by atoms with van der Waals surface area (Å²) < 4.78 is 2.44. The number of anilines is 3. The number of aromatic nitrogens is 1. The molecular weight excluding hydrogens is 821 g/mol. The molecule has 0 unspecified atom stereocenters. The van der Waals surface area contributed by atoms with Gasteiger partial charge in [-0.05, 0) is 140 Å². The van der Waals surface area contributed by atoms with Crippen molar-refractivity contribution < 1.29 is 0 Å². The number of para-hydroxylation sites is 1. The van der Waals surface area contributed by atoms with Crippen LogP contribution in [0.3, 0.4) is 0 Å². The molecular formula is C66H46N2. The molecule has 12 rings (SSSR count). The smallest absolute Gasteiger partial charge is 0.0541 e. The third-order valence-electron chi connectivity index (χ3n) is 13.2. The van der Waals surface area contributed by atoms with Crippen molar-refractivity contribution in [1.82, 2.24) is 4.57 Å². The monoisotopic (exact) mass is 866 g/mol. The van der Waals surface area contributed by atoms with Crippen LogP contribution in [0.25, 0.3) is 94.3 Å². The molecule has 0 aliphatic rings. The molecule has 0 saturated heterocycles. The molecule has 2 nitrogen and oxygen atoms in total. The predicted molar refractivity (Wildman–Crippen MR) is 288 cm³/mol. The highest BCUT2D eigenvalue weighted by atomic mass is 15.1. The summed E-state index contributed by atoms with van der Waals surface area (Å²) in [6.07, 6.45) is 0. The Morgan fingerprint density at radius 2 is 0.574 bits per heavy atom. The molecule has 0 amide bonds. The number of rotatable bonds is 10. The van der Waals surface area contributed by atoms with Gasteiger partial charge in [-0.3, -0.25) is 0 Å². The summed E-state index contributed by atoms with van der Waals surface area (Å²) in [5, 5.41) is 2.45. The van der Waals surface area contributed by atoms with Crippen molar-refractivity contribution in [1.29, 1.82) is 0 Å². The van der Waals surface area contributed by atoms with Crippen LogP contribution in [0.5, 0.6) is 0 Å². The van der Waals surface area contributed by atoms with Crippen molar-refractivity contribution in [3.05, 3.63) is 279 Å². The van der Waals surface area contributed by atoms with E-state index in [4.69, 9.17) is 0 Å². The highest BCUT2D eigenvalue weighted by Crippen LogP contribution is 2.42. The molecule has 1 heterocycles. The second kappa shape index (κ2) is 17.8. The van der Waals surface area contributed by atoms with Gasteiger partial charge in [-0.25, -0.2) is 0 Å². The molecule has 11 aromatic carbocycles. The van der Waals surface area contributed by atoms with Crippen molar-refractivity contribution >= 4 is 38.9 Å². The number of nitrogens with zero attached hydrogens (tertiary/aromatic N) is 2. The van der Waals surface area contributed by atoms with Crippen molar-refractivity contribution in [2.24, 2.45) is 0 Å². The van der Waals surface area contributed by atoms with Crippen LogP contribution in [-0.4, -0.2) is 4.57 Å². The van der Waals surface area contributed by atoms with E-state index >= 15 is 0 Å². The molecule has 320 valence electrons. The minimum Gasteiger partial charge on any atom is -0.311 e. The minimum atomic E-state index is 1.09. The lowest BCUT2D eigenvalue weighted by molar-refractivity contribution is 1.18. The van der Waals surface area contributed by atoms with Crippen LogP contribution in [0.2, 0.25) is 0 Å². The van der Waals surface area contributed by atoms with Crippen molar-refractivity contribution in [3.63, 3.8) is 0 Å². The maximum atomic E-state index is 2.44. The molecule has 0 aliphatic heterocycles. The normalized spacial score (nSPS) is 11.2. The summed E-state index contributed by atoms with van der Waals surface area (Å²) in [5.74, 6) is 0. The van der Waals surface area contributed by atoms with Crippen molar-refractivity contribution in [3.8, 4) is 72.4 Å². The molecule has 0 aliphatic carbocycles. The number of benzene rings is 11. The zero-order valence-electron chi connectivity index (χ0n) is 37.5. The van der Waals surface area contributed by atoms with Crippen LogP contribution in [-0.2, 0) is 0 Å². The van der Waals surface area contributed by atoms with Gasteiger partial charge in [0.2, 0.25) is 0 Å². The molecule has 0 saturated carbocycles. The maximum Gasteiger partial charge on any atom is 0.0541 e. The van der Waals surface area contributed by atoms with E-state index in [-0.39, 0.29) is 0 Å². The molecule has 0 radical (unpaired) electrons. The molecule has 0 fully saturated rings. The van der Waals surface area contributed by atoms with Gasteiger partial charge in [0.05, 0.1) is 11.0 Å². The fourth-order valence-corrected chi connectivity index (χ4v) is 9.84. The van der Waals surface area contributed by atoms with Gasteiger partial charge in [-0.15, -0.1) is 0 Å². The molecule has 68 heavy (non-hydrogen) atoms. The topological polar surface area (TPSA) is 8.17 Å². The number of hydrogen-bond acceptors (Lipinski definition) is 1. The summed E-state index contributed by atoms with van der Waals surface area (Å²) in [6, 6.07) is 101. The SMILES string of the molecule is c1ccc(-c2ccc(N(c3ccc(-c4ccccc4)cc3)c3ccc(-c4ccccc4-c4ccc5c(c4)c4ccccc4n5-c4cc(-c5ccccc5)cc(-c5ccccc5)c4)cc3)cc2)cc1. The van der Waals surface area contributed by atoms with Gasteiger partial charge in [0.25, 0.3) is 0 Å². The van der Waals surface area contributed by atoms with Crippen LogP contribution in [0, 0.1) is 0 Å². The van der Waals surface area contributed by atoms with Crippen LogP contribution >= 0.6 is 0 Å². The van der Waals surface area contributed by atoms with Crippen molar-refractivity contribution in [2.75, 3.05) is 4.90 Å². The zero-order chi connectivity index (χ0) is 45.2. The Balaban J connectivity index is 0.928. The van der Waals surface area contributed by atoms with Crippen LogP contribution < -0.4 is 4.90 Å². The van der Waals surface area contributed by atoms with Crippen LogP contribution in [0.1, 0.15) is 0 Å². The first-order chi connectivity index (χ1) is 33.7. The fraction of sp³-hybridized carbons (Fsp3) is 0. The lowest BCUT2D eigenvalue weighted by atomic mass is 9.93. The Labute approximate surface area is 397 Å². The summed E-state index contributed by atoms with van der Waals surface area (Å²) in [4.78, 5) is 2.35. The first-order valence-electron chi connectivity index (χ1n) is 23.3. The highest BCUT2D eigenvalue weighted by Gasteiger charge is 2.18. The first-order valence-corrected chi connectivity index (χ1v) is 23.3. The van der Waals surface area contributed by atoms with E-state index < -0.39 is 0 Å². The Morgan fingerprint density at radius 3 is 1.06 bits per heavy atom. The van der Waals surface area contributed by atoms with Gasteiger partial charge >= 0.3 is 0 Å². The van der Waals surface area contributed by atoms with Gasteiger partial charge in [0, 0.05) is 33.5 Å². The zero-order valence-corrected chi connectivity index (χ0v) is 37.5. The van der Waals surface area contributed by atoms with Gasteiger partial charge in [0.1, 0.15) is 0 Å².